The maximum atomic E-state index is 11.2. The number of carboxylic acid groups (broad SMARTS) is 3. The number of aliphatic carboxylic acids is 3. The van der Waals surface area contributed by atoms with Gasteiger partial charge in [-0.1, -0.05) is 6.92 Å². The van der Waals surface area contributed by atoms with Crippen molar-refractivity contribution in [3.05, 3.63) is 0 Å². The van der Waals surface area contributed by atoms with Crippen LogP contribution in [0.4, 0.5) is 0 Å². The highest BCUT2D eigenvalue weighted by atomic mass is 16.6. The van der Waals surface area contributed by atoms with Crippen LogP contribution in [0.25, 0.3) is 0 Å². The molecule has 0 aromatic heterocycles. The highest BCUT2D eigenvalue weighted by molar-refractivity contribution is 5.91. The number of carbonyl (C=O) groups excluding carboxylic acids is 1. The van der Waals surface area contributed by atoms with E-state index in [0.717, 1.165) is 6.92 Å². The van der Waals surface area contributed by atoms with E-state index in [4.69, 9.17) is 15.3 Å². The highest BCUT2D eigenvalue weighted by Gasteiger charge is 2.53. The van der Waals surface area contributed by atoms with Crippen molar-refractivity contribution in [2.75, 3.05) is 0 Å². The molecule has 0 aliphatic heterocycles. The van der Waals surface area contributed by atoms with Crippen LogP contribution < -0.4 is 0 Å². The van der Waals surface area contributed by atoms with Crippen molar-refractivity contribution in [2.45, 2.75) is 32.3 Å². The van der Waals surface area contributed by atoms with Gasteiger partial charge in [-0.05, 0) is 6.42 Å². The lowest BCUT2D eigenvalue weighted by Gasteiger charge is -2.32. The Morgan fingerprint density at radius 3 is 1.89 bits per heavy atom. The number of carbonyl (C=O) groups is 4. The number of esters is 1. The van der Waals surface area contributed by atoms with Gasteiger partial charge in [0.1, 0.15) is 5.92 Å². The van der Waals surface area contributed by atoms with E-state index in [-0.39, 0.29) is 6.42 Å². The van der Waals surface area contributed by atoms with Crippen molar-refractivity contribution in [1.82, 2.24) is 0 Å². The molecule has 8 heteroatoms. The molecule has 2 atom stereocenters. The molecule has 102 valence electrons. The topological polar surface area (TPSA) is 138 Å². The number of ether oxygens (including phenoxy) is 1. The quantitative estimate of drug-likeness (QED) is 0.543. The molecule has 0 heterocycles. The number of rotatable bonds is 7. The first-order valence-electron chi connectivity index (χ1n) is 5.05. The van der Waals surface area contributed by atoms with Gasteiger partial charge >= 0.3 is 23.9 Å². The van der Waals surface area contributed by atoms with Crippen LogP contribution in [0.1, 0.15) is 26.7 Å². The molecule has 0 aromatic carbocycles. The summed E-state index contributed by atoms with van der Waals surface area (Å²) in [6, 6.07) is 0. The average molecular weight is 262 g/mol. The van der Waals surface area contributed by atoms with Crippen molar-refractivity contribution in [3.63, 3.8) is 0 Å². The highest BCUT2D eigenvalue weighted by Crippen LogP contribution is 2.30. The first-order chi connectivity index (χ1) is 8.17. The molecule has 0 aliphatic rings. The summed E-state index contributed by atoms with van der Waals surface area (Å²) in [7, 11) is 0. The SMILES string of the molecule is CCC(C(=O)O)C(CC(=O)O)(OC(C)=O)C(=O)O. The van der Waals surface area contributed by atoms with Gasteiger partial charge in [-0.25, -0.2) is 4.79 Å². The Morgan fingerprint density at radius 2 is 1.67 bits per heavy atom. The first-order valence-corrected chi connectivity index (χ1v) is 5.05. The lowest BCUT2D eigenvalue weighted by molar-refractivity contribution is -0.193. The zero-order valence-corrected chi connectivity index (χ0v) is 9.87. The number of carboxylic acids is 3. The minimum absolute atomic E-state index is 0.192. The van der Waals surface area contributed by atoms with E-state index in [9.17, 15) is 19.2 Å². The normalized spacial score (nSPS) is 15.2. The summed E-state index contributed by atoms with van der Waals surface area (Å²) in [5.74, 6) is -7.61. The minimum Gasteiger partial charge on any atom is -0.481 e. The van der Waals surface area contributed by atoms with Crippen molar-refractivity contribution in [3.8, 4) is 0 Å². The van der Waals surface area contributed by atoms with E-state index in [1.54, 1.807) is 0 Å². The number of hydrogen-bond acceptors (Lipinski definition) is 5. The summed E-state index contributed by atoms with van der Waals surface area (Å²) in [5, 5.41) is 26.7. The molecule has 0 saturated carbocycles. The molecule has 3 N–H and O–H groups in total. The van der Waals surface area contributed by atoms with Crippen molar-refractivity contribution < 1.29 is 39.2 Å². The molecule has 2 unspecified atom stereocenters. The lowest BCUT2D eigenvalue weighted by atomic mass is 9.82. The van der Waals surface area contributed by atoms with Crippen LogP contribution in [0, 0.1) is 5.92 Å². The molecule has 0 amide bonds. The fraction of sp³-hybridized carbons (Fsp3) is 0.600. The molecule has 0 radical (unpaired) electrons. The van der Waals surface area contributed by atoms with Gasteiger partial charge in [0.25, 0.3) is 0 Å². The fourth-order valence-electron chi connectivity index (χ4n) is 1.68. The van der Waals surface area contributed by atoms with Gasteiger partial charge in [0, 0.05) is 6.92 Å². The Kier molecular flexibility index (Phi) is 5.28. The van der Waals surface area contributed by atoms with Gasteiger partial charge in [-0.3, -0.25) is 14.4 Å². The number of hydrogen-bond donors (Lipinski definition) is 3. The maximum absolute atomic E-state index is 11.2. The molecule has 0 aliphatic carbocycles. The Labute approximate surface area is 102 Å². The molecule has 0 bridgehead atoms. The van der Waals surface area contributed by atoms with Gasteiger partial charge in [-0.15, -0.1) is 0 Å². The molecular weight excluding hydrogens is 248 g/mol. The predicted molar refractivity (Wildman–Crippen MR) is 55.8 cm³/mol. The molecule has 0 rings (SSSR count). The molecule has 0 aromatic rings. The second kappa shape index (κ2) is 5.99. The maximum Gasteiger partial charge on any atom is 0.349 e. The summed E-state index contributed by atoms with van der Waals surface area (Å²) < 4.78 is 4.52. The Bertz CT molecular complexity index is 356. The second-order valence-corrected chi connectivity index (χ2v) is 3.66. The zero-order chi connectivity index (χ0) is 14.5. The fourth-order valence-corrected chi connectivity index (χ4v) is 1.68. The van der Waals surface area contributed by atoms with Crippen LogP contribution >= 0.6 is 0 Å². The summed E-state index contributed by atoms with van der Waals surface area (Å²) in [6.45, 7) is 2.25. The van der Waals surface area contributed by atoms with Crippen LogP contribution in [-0.4, -0.2) is 44.8 Å². The predicted octanol–water partition coefficient (Wildman–Crippen LogP) is -0.0416. The average Bonchev–Trinajstić information content (AvgIpc) is 2.14. The molecule has 18 heavy (non-hydrogen) atoms. The Balaban J connectivity index is 5.70. The van der Waals surface area contributed by atoms with Crippen LogP contribution in [0.15, 0.2) is 0 Å². The van der Waals surface area contributed by atoms with Gasteiger partial charge in [0.2, 0.25) is 5.60 Å². The standard InChI is InChI=1S/C10H14O8/c1-3-6(8(14)15)10(9(16)17,4-7(12)13)18-5(2)11/h6H,3-4H2,1-2H3,(H,12,13)(H,14,15)(H,16,17). The van der Waals surface area contributed by atoms with Gasteiger partial charge in [0.15, 0.2) is 0 Å². The van der Waals surface area contributed by atoms with E-state index < -0.39 is 41.8 Å². The van der Waals surface area contributed by atoms with E-state index in [0.29, 0.717) is 0 Å². The molecular formula is C10H14O8. The van der Waals surface area contributed by atoms with E-state index in [1.807, 2.05) is 0 Å². The van der Waals surface area contributed by atoms with Gasteiger partial charge < -0.3 is 20.1 Å². The van der Waals surface area contributed by atoms with Gasteiger partial charge in [0.05, 0.1) is 6.42 Å². The van der Waals surface area contributed by atoms with Crippen molar-refractivity contribution in [1.29, 1.82) is 0 Å². The molecule has 8 nitrogen and oxygen atoms in total. The summed E-state index contributed by atoms with van der Waals surface area (Å²) in [5.41, 5.74) is -2.60. The smallest absolute Gasteiger partial charge is 0.349 e. The molecule has 0 fully saturated rings. The third-order valence-electron chi connectivity index (χ3n) is 2.37. The second-order valence-electron chi connectivity index (χ2n) is 3.66. The summed E-state index contributed by atoms with van der Waals surface area (Å²) in [6.07, 6.45) is -1.31. The van der Waals surface area contributed by atoms with Gasteiger partial charge in [-0.2, -0.15) is 0 Å². The van der Waals surface area contributed by atoms with Crippen molar-refractivity contribution in [2.24, 2.45) is 5.92 Å². The van der Waals surface area contributed by atoms with E-state index in [1.165, 1.54) is 6.92 Å². The summed E-state index contributed by atoms with van der Waals surface area (Å²) in [4.78, 5) is 43.8. The van der Waals surface area contributed by atoms with Crippen LogP contribution in [0.2, 0.25) is 0 Å². The Morgan fingerprint density at radius 1 is 1.17 bits per heavy atom. The molecule has 0 saturated heterocycles. The van der Waals surface area contributed by atoms with E-state index >= 15 is 0 Å². The van der Waals surface area contributed by atoms with Crippen LogP contribution in [-0.2, 0) is 23.9 Å². The largest absolute Gasteiger partial charge is 0.481 e. The molecule has 0 spiro atoms. The van der Waals surface area contributed by atoms with Crippen LogP contribution in [0.5, 0.6) is 0 Å². The van der Waals surface area contributed by atoms with Crippen LogP contribution in [0.3, 0.4) is 0 Å². The lowest BCUT2D eigenvalue weighted by Crippen LogP contribution is -2.53. The monoisotopic (exact) mass is 262 g/mol. The summed E-state index contributed by atoms with van der Waals surface area (Å²) >= 11 is 0. The van der Waals surface area contributed by atoms with E-state index in [2.05, 4.69) is 4.74 Å². The zero-order valence-electron chi connectivity index (χ0n) is 9.87. The minimum atomic E-state index is -2.60. The Hall–Kier alpha value is -2.12. The third-order valence-corrected chi connectivity index (χ3v) is 2.37. The third kappa shape index (κ3) is 3.44. The van der Waals surface area contributed by atoms with Crippen molar-refractivity contribution >= 4 is 23.9 Å². The first kappa shape index (κ1) is 15.9.